The average molecular weight is 272 g/mol. The number of rotatable bonds is 3. The molecule has 2 aromatic rings. The fraction of sp³-hybridized carbons (Fsp3) is 0.312. The van der Waals surface area contributed by atoms with Crippen molar-refractivity contribution in [2.45, 2.75) is 31.1 Å². The van der Waals surface area contributed by atoms with Crippen LogP contribution in [0.4, 0.5) is 0 Å². The van der Waals surface area contributed by atoms with E-state index in [2.05, 4.69) is 11.4 Å². The highest BCUT2D eigenvalue weighted by Crippen LogP contribution is 2.40. The van der Waals surface area contributed by atoms with Crippen molar-refractivity contribution in [1.29, 1.82) is 0 Å². The van der Waals surface area contributed by atoms with Gasteiger partial charge in [-0.2, -0.15) is 11.3 Å². The Hall–Kier alpha value is -1.61. The van der Waals surface area contributed by atoms with Crippen LogP contribution in [0, 0.1) is 0 Å². The lowest BCUT2D eigenvalue weighted by Gasteiger charge is -2.35. The van der Waals surface area contributed by atoms with Crippen LogP contribution in [0.1, 0.15) is 29.5 Å². The maximum atomic E-state index is 12.0. The van der Waals surface area contributed by atoms with Gasteiger partial charge in [-0.05, 0) is 59.2 Å². The molecule has 3 heteroatoms. The molecule has 0 aliphatic heterocycles. The molecule has 1 aliphatic rings. The average Bonchev–Trinajstić information content (AvgIpc) is 2.91. The Balaban J connectivity index is 2.09. The Labute approximate surface area is 116 Å². The number of aryl methyl sites for hydroxylation is 1. The Morgan fingerprint density at radius 2 is 2.16 bits per heavy atom. The molecule has 1 unspecified atom stereocenters. The molecular weight excluding hydrogens is 256 g/mol. The largest absolute Gasteiger partial charge is 0.481 e. The van der Waals surface area contributed by atoms with Crippen molar-refractivity contribution < 1.29 is 9.90 Å². The van der Waals surface area contributed by atoms with E-state index in [1.165, 1.54) is 5.56 Å². The summed E-state index contributed by atoms with van der Waals surface area (Å²) in [5.74, 6) is -0.689. The molecule has 1 N–H and O–H groups in total. The molecule has 1 aromatic carbocycles. The minimum atomic E-state index is -0.740. The zero-order valence-electron chi connectivity index (χ0n) is 10.6. The predicted molar refractivity (Wildman–Crippen MR) is 76.7 cm³/mol. The summed E-state index contributed by atoms with van der Waals surface area (Å²) in [4.78, 5) is 12.0. The zero-order valence-corrected chi connectivity index (χ0v) is 11.5. The van der Waals surface area contributed by atoms with Gasteiger partial charge < -0.3 is 5.11 Å². The lowest BCUT2D eigenvalue weighted by atomic mass is 9.67. The summed E-state index contributed by atoms with van der Waals surface area (Å²) in [6.45, 7) is 0. The minimum Gasteiger partial charge on any atom is -0.481 e. The normalized spacial score (nSPS) is 21.9. The van der Waals surface area contributed by atoms with Crippen molar-refractivity contribution in [2.24, 2.45) is 0 Å². The standard InChI is InChI=1S/C16H16O2S/c17-15(18)16(10-12-7-9-19-11-12)8-3-5-13-4-1-2-6-14(13)16/h1-2,4,6-7,9,11H,3,5,8,10H2,(H,17,18). The number of aliphatic carboxylic acids is 1. The maximum Gasteiger partial charge on any atom is 0.314 e. The summed E-state index contributed by atoms with van der Waals surface area (Å²) in [6.07, 6.45) is 3.28. The van der Waals surface area contributed by atoms with Gasteiger partial charge in [0.2, 0.25) is 0 Å². The Morgan fingerprint density at radius 3 is 2.89 bits per heavy atom. The summed E-state index contributed by atoms with van der Waals surface area (Å²) in [5, 5.41) is 13.9. The smallest absolute Gasteiger partial charge is 0.314 e. The molecule has 1 aromatic heterocycles. The first kappa shape index (κ1) is 12.4. The van der Waals surface area contributed by atoms with Crippen molar-refractivity contribution in [3.8, 4) is 0 Å². The molecule has 0 radical (unpaired) electrons. The molecule has 0 saturated carbocycles. The number of hydrogen-bond acceptors (Lipinski definition) is 2. The lowest BCUT2D eigenvalue weighted by molar-refractivity contribution is -0.144. The molecule has 0 amide bonds. The first-order valence-corrected chi connectivity index (χ1v) is 7.49. The molecule has 0 spiro atoms. The van der Waals surface area contributed by atoms with E-state index < -0.39 is 11.4 Å². The van der Waals surface area contributed by atoms with E-state index in [1.807, 2.05) is 29.6 Å². The highest BCUT2D eigenvalue weighted by Gasteiger charge is 2.43. The number of carboxylic acid groups (broad SMARTS) is 1. The topological polar surface area (TPSA) is 37.3 Å². The third kappa shape index (κ3) is 2.08. The third-order valence-corrected chi connectivity index (χ3v) is 4.81. The number of hydrogen-bond donors (Lipinski definition) is 1. The molecule has 2 nitrogen and oxygen atoms in total. The Bertz CT molecular complexity index is 589. The third-order valence-electron chi connectivity index (χ3n) is 4.08. The van der Waals surface area contributed by atoms with Crippen LogP contribution in [0.25, 0.3) is 0 Å². The summed E-state index contributed by atoms with van der Waals surface area (Å²) in [6, 6.07) is 10.1. The van der Waals surface area contributed by atoms with Crippen LogP contribution >= 0.6 is 11.3 Å². The van der Waals surface area contributed by atoms with Crippen molar-refractivity contribution in [3.05, 3.63) is 57.8 Å². The quantitative estimate of drug-likeness (QED) is 0.926. The SMILES string of the molecule is O=C(O)C1(Cc2ccsc2)CCCc2ccccc21. The molecule has 3 rings (SSSR count). The van der Waals surface area contributed by atoms with Gasteiger partial charge in [0.15, 0.2) is 0 Å². The number of carboxylic acids is 1. The second-order valence-corrected chi connectivity index (χ2v) is 5.99. The first-order valence-electron chi connectivity index (χ1n) is 6.55. The number of benzene rings is 1. The number of thiophene rings is 1. The van der Waals surface area contributed by atoms with Gasteiger partial charge in [0.25, 0.3) is 0 Å². The van der Waals surface area contributed by atoms with Gasteiger partial charge in [0.1, 0.15) is 0 Å². The van der Waals surface area contributed by atoms with Gasteiger partial charge in [-0.15, -0.1) is 0 Å². The van der Waals surface area contributed by atoms with Crippen LogP contribution < -0.4 is 0 Å². The molecule has 98 valence electrons. The highest BCUT2D eigenvalue weighted by molar-refractivity contribution is 7.07. The van der Waals surface area contributed by atoms with Crippen molar-refractivity contribution >= 4 is 17.3 Å². The van der Waals surface area contributed by atoms with Crippen LogP contribution in [-0.2, 0) is 23.1 Å². The predicted octanol–water partition coefficient (Wildman–Crippen LogP) is 3.65. The maximum absolute atomic E-state index is 12.0. The van der Waals surface area contributed by atoms with Crippen molar-refractivity contribution in [3.63, 3.8) is 0 Å². The van der Waals surface area contributed by atoms with Crippen LogP contribution in [0.2, 0.25) is 0 Å². The molecule has 1 heterocycles. The van der Waals surface area contributed by atoms with Crippen LogP contribution in [-0.4, -0.2) is 11.1 Å². The van der Waals surface area contributed by atoms with E-state index in [0.29, 0.717) is 6.42 Å². The summed E-state index contributed by atoms with van der Waals surface area (Å²) >= 11 is 1.63. The van der Waals surface area contributed by atoms with E-state index >= 15 is 0 Å². The van der Waals surface area contributed by atoms with E-state index in [4.69, 9.17) is 0 Å². The Kier molecular flexibility index (Phi) is 3.15. The van der Waals surface area contributed by atoms with Crippen LogP contribution in [0.5, 0.6) is 0 Å². The fourth-order valence-electron chi connectivity index (χ4n) is 3.14. The van der Waals surface area contributed by atoms with Gasteiger partial charge in [-0.25, -0.2) is 0 Å². The van der Waals surface area contributed by atoms with Crippen LogP contribution in [0.3, 0.4) is 0 Å². The molecule has 1 atom stereocenters. The Morgan fingerprint density at radius 1 is 1.32 bits per heavy atom. The first-order chi connectivity index (χ1) is 9.22. The molecule has 0 saturated heterocycles. The second kappa shape index (κ2) is 4.82. The second-order valence-electron chi connectivity index (χ2n) is 5.21. The van der Waals surface area contributed by atoms with Crippen LogP contribution in [0.15, 0.2) is 41.1 Å². The highest BCUT2D eigenvalue weighted by atomic mass is 32.1. The summed E-state index contributed by atoms with van der Waals surface area (Å²) in [7, 11) is 0. The van der Waals surface area contributed by atoms with Crippen molar-refractivity contribution in [2.75, 3.05) is 0 Å². The van der Waals surface area contributed by atoms with E-state index in [9.17, 15) is 9.90 Å². The summed E-state index contributed by atoms with van der Waals surface area (Å²) < 4.78 is 0. The van der Waals surface area contributed by atoms with Gasteiger partial charge >= 0.3 is 5.97 Å². The monoisotopic (exact) mass is 272 g/mol. The van der Waals surface area contributed by atoms with Gasteiger partial charge in [-0.3, -0.25) is 4.79 Å². The molecule has 1 aliphatic carbocycles. The van der Waals surface area contributed by atoms with E-state index in [1.54, 1.807) is 11.3 Å². The zero-order chi connectivity index (χ0) is 13.3. The molecular formula is C16H16O2S. The molecule has 19 heavy (non-hydrogen) atoms. The lowest BCUT2D eigenvalue weighted by Crippen LogP contribution is -2.41. The van der Waals surface area contributed by atoms with E-state index in [-0.39, 0.29) is 0 Å². The minimum absolute atomic E-state index is 0.600. The van der Waals surface area contributed by atoms with Crippen molar-refractivity contribution in [1.82, 2.24) is 0 Å². The van der Waals surface area contributed by atoms with Gasteiger partial charge in [-0.1, -0.05) is 24.3 Å². The molecule has 0 fully saturated rings. The molecule has 0 bridgehead atoms. The number of fused-ring (bicyclic) bond motifs is 1. The fourth-order valence-corrected chi connectivity index (χ4v) is 3.81. The van der Waals surface area contributed by atoms with Gasteiger partial charge in [0, 0.05) is 0 Å². The van der Waals surface area contributed by atoms with Gasteiger partial charge in [0.05, 0.1) is 5.41 Å². The van der Waals surface area contributed by atoms with E-state index in [0.717, 1.165) is 30.4 Å². The number of carbonyl (C=O) groups is 1. The summed E-state index contributed by atoms with van der Waals surface area (Å²) in [5.41, 5.74) is 2.60.